The summed E-state index contributed by atoms with van der Waals surface area (Å²) >= 11 is 0. The minimum atomic E-state index is 0.0340. The number of aromatic nitrogens is 2. The molecule has 2 spiro atoms. The maximum absolute atomic E-state index is 2.55. The van der Waals surface area contributed by atoms with E-state index in [4.69, 9.17) is 0 Å². The van der Waals surface area contributed by atoms with Gasteiger partial charge in [0.2, 0.25) is 22.5 Å². The predicted octanol–water partition coefficient (Wildman–Crippen LogP) is 4.82. The molecule has 2 heteroatoms. The lowest BCUT2D eigenvalue weighted by Crippen LogP contribution is -2.74. The van der Waals surface area contributed by atoms with Crippen LogP contribution in [-0.4, -0.2) is 0 Å². The average molecular weight is 389 g/mol. The molecule has 0 atom stereocenters. The average Bonchev–Trinajstić information content (AvgIpc) is 3.18. The lowest BCUT2D eigenvalue weighted by Gasteiger charge is -2.45. The third kappa shape index (κ3) is 1.77. The van der Waals surface area contributed by atoms with Crippen LogP contribution >= 0.6 is 0 Å². The van der Waals surface area contributed by atoms with Crippen LogP contribution in [0.3, 0.4) is 0 Å². The van der Waals surface area contributed by atoms with E-state index in [2.05, 4.69) is 108 Å². The lowest BCUT2D eigenvalue weighted by molar-refractivity contribution is -0.824. The quantitative estimate of drug-likeness (QED) is 0.382. The van der Waals surface area contributed by atoms with Crippen molar-refractivity contribution >= 4 is 0 Å². The topological polar surface area (TPSA) is 7.76 Å². The van der Waals surface area contributed by atoms with Gasteiger partial charge in [-0.15, -0.1) is 0 Å². The van der Waals surface area contributed by atoms with Gasteiger partial charge in [-0.3, -0.25) is 0 Å². The summed E-state index contributed by atoms with van der Waals surface area (Å²) in [6.07, 6.45) is 6.77. The predicted molar refractivity (Wildman–Crippen MR) is 117 cm³/mol. The smallest absolute Gasteiger partial charge is 0.188 e. The number of rotatable bonds is 0. The molecule has 2 aliphatic heterocycles. The Morgan fingerprint density at radius 1 is 0.600 bits per heavy atom. The molecule has 3 aliphatic rings. The van der Waals surface area contributed by atoms with Gasteiger partial charge >= 0.3 is 0 Å². The van der Waals surface area contributed by atoms with E-state index in [1.165, 1.54) is 44.8 Å². The Hall–Kier alpha value is -3.26. The Morgan fingerprint density at radius 2 is 1.07 bits per heavy atom. The van der Waals surface area contributed by atoms with Gasteiger partial charge in [-0.2, -0.15) is 9.13 Å². The Bertz CT molecular complexity index is 1270. The summed E-state index contributed by atoms with van der Waals surface area (Å²) in [7, 11) is 0. The third-order valence-corrected chi connectivity index (χ3v) is 7.72. The van der Waals surface area contributed by atoms with Gasteiger partial charge in [0.25, 0.3) is 0 Å². The fourth-order valence-electron chi connectivity index (χ4n) is 6.52. The largest absolute Gasteiger partial charge is 0.213 e. The van der Waals surface area contributed by atoms with Gasteiger partial charge in [0.1, 0.15) is 0 Å². The number of pyridine rings is 2. The zero-order valence-corrected chi connectivity index (χ0v) is 17.4. The molecule has 2 aromatic heterocycles. The molecule has 30 heavy (non-hydrogen) atoms. The second-order valence-corrected chi connectivity index (χ2v) is 9.43. The van der Waals surface area contributed by atoms with Gasteiger partial charge in [0.05, 0.1) is 24.0 Å². The van der Waals surface area contributed by atoms with Crippen LogP contribution in [-0.2, 0) is 11.1 Å². The van der Waals surface area contributed by atoms with Crippen LogP contribution in [0.2, 0.25) is 0 Å². The molecular formula is C28H24N2+2. The maximum atomic E-state index is 2.55. The minimum Gasteiger partial charge on any atom is -0.188 e. The third-order valence-electron chi connectivity index (χ3n) is 7.72. The first kappa shape index (κ1) is 16.5. The van der Waals surface area contributed by atoms with Crippen molar-refractivity contribution < 1.29 is 9.13 Å². The van der Waals surface area contributed by atoms with E-state index in [-0.39, 0.29) is 11.1 Å². The molecule has 2 nitrogen and oxygen atoms in total. The van der Waals surface area contributed by atoms with Gasteiger partial charge in [0.15, 0.2) is 12.4 Å². The van der Waals surface area contributed by atoms with Crippen molar-refractivity contribution in [3.05, 3.63) is 107 Å². The van der Waals surface area contributed by atoms with Crippen molar-refractivity contribution in [3.63, 3.8) is 0 Å². The van der Waals surface area contributed by atoms with E-state index in [1.54, 1.807) is 0 Å². The van der Waals surface area contributed by atoms with E-state index >= 15 is 0 Å². The molecule has 1 saturated carbocycles. The summed E-state index contributed by atoms with van der Waals surface area (Å²) in [5.74, 6) is 0. The number of nitrogens with zero attached hydrogens (tertiary/aromatic N) is 2. The molecule has 0 radical (unpaired) electrons. The Balaban J connectivity index is 1.47. The Morgan fingerprint density at radius 3 is 1.53 bits per heavy atom. The summed E-state index contributed by atoms with van der Waals surface area (Å²) in [5.41, 5.74) is 11.2. The highest BCUT2D eigenvalue weighted by Gasteiger charge is 2.74. The van der Waals surface area contributed by atoms with Crippen LogP contribution in [0, 0.1) is 13.8 Å². The van der Waals surface area contributed by atoms with Crippen LogP contribution in [0.1, 0.15) is 35.1 Å². The Kier molecular flexibility index (Phi) is 2.90. The SMILES string of the molecule is Cc1ccc2c(c1)-c1cccc[n+]1C21CC2(C1)c1ccc(C)cc1-c1cccc[n+]12. The normalized spacial score (nSPS) is 24.3. The molecule has 4 heterocycles. The standard InChI is InChI=1S/C28H24N2/c1-19-9-11-23-21(15-19)25-7-3-5-13-29(25)27(23)17-28(18-27)24-12-10-20(2)16-22(24)26-8-4-6-14-30(26)28/h3-16H,17-18H2,1-2H3/q+2. The molecular weight excluding hydrogens is 364 g/mol. The molecule has 144 valence electrons. The van der Waals surface area contributed by atoms with E-state index in [1.807, 2.05) is 0 Å². The highest BCUT2D eigenvalue weighted by atomic mass is 15.2. The van der Waals surface area contributed by atoms with Gasteiger partial charge in [-0.25, -0.2) is 0 Å². The highest BCUT2D eigenvalue weighted by Crippen LogP contribution is 2.60. The van der Waals surface area contributed by atoms with Crippen LogP contribution < -0.4 is 9.13 Å². The lowest BCUT2D eigenvalue weighted by atomic mass is 9.57. The second-order valence-electron chi connectivity index (χ2n) is 9.43. The summed E-state index contributed by atoms with van der Waals surface area (Å²) in [6.45, 7) is 4.39. The first-order valence-corrected chi connectivity index (χ1v) is 10.9. The van der Waals surface area contributed by atoms with E-state index < -0.39 is 0 Å². The zero-order valence-electron chi connectivity index (χ0n) is 17.4. The van der Waals surface area contributed by atoms with Crippen molar-refractivity contribution in [2.75, 3.05) is 0 Å². The molecule has 4 aromatic rings. The fraction of sp³-hybridized carbons (Fsp3) is 0.214. The van der Waals surface area contributed by atoms with E-state index in [0.29, 0.717) is 0 Å². The van der Waals surface area contributed by atoms with Gasteiger partial charge in [0, 0.05) is 35.4 Å². The fourth-order valence-corrected chi connectivity index (χ4v) is 6.52. The number of benzene rings is 2. The molecule has 2 aromatic carbocycles. The monoisotopic (exact) mass is 388 g/mol. The van der Waals surface area contributed by atoms with Gasteiger partial charge in [-0.1, -0.05) is 35.4 Å². The maximum Gasteiger partial charge on any atom is 0.213 e. The first-order chi connectivity index (χ1) is 14.6. The van der Waals surface area contributed by atoms with Crippen molar-refractivity contribution in [1.82, 2.24) is 0 Å². The van der Waals surface area contributed by atoms with Crippen molar-refractivity contribution in [2.24, 2.45) is 0 Å². The Labute approximate surface area is 177 Å². The van der Waals surface area contributed by atoms with Crippen LogP contribution in [0.5, 0.6) is 0 Å². The van der Waals surface area contributed by atoms with Gasteiger partial charge < -0.3 is 0 Å². The number of hydrogen-bond donors (Lipinski definition) is 0. The molecule has 0 N–H and O–H groups in total. The van der Waals surface area contributed by atoms with Crippen LogP contribution in [0.4, 0.5) is 0 Å². The molecule has 0 bridgehead atoms. The van der Waals surface area contributed by atoms with Crippen molar-refractivity contribution in [2.45, 2.75) is 37.8 Å². The molecule has 7 rings (SSSR count). The van der Waals surface area contributed by atoms with Crippen molar-refractivity contribution in [1.29, 1.82) is 0 Å². The minimum absolute atomic E-state index is 0.0340. The summed E-state index contributed by atoms with van der Waals surface area (Å²) in [5, 5.41) is 0. The number of hydrogen-bond acceptors (Lipinski definition) is 0. The molecule has 1 aliphatic carbocycles. The van der Waals surface area contributed by atoms with Gasteiger partial charge in [-0.05, 0) is 38.1 Å². The highest BCUT2D eigenvalue weighted by molar-refractivity contribution is 5.71. The zero-order chi connectivity index (χ0) is 20.1. The van der Waals surface area contributed by atoms with E-state index in [9.17, 15) is 0 Å². The molecule has 0 amide bonds. The summed E-state index contributed by atoms with van der Waals surface area (Å²) in [6, 6.07) is 27.3. The number of fused-ring (bicyclic) bond motifs is 10. The summed E-state index contributed by atoms with van der Waals surface area (Å²) < 4.78 is 5.11. The molecule has 1 fully saturated rings. The second kappa shape index (κ2) is 5.26. The van der Waals surface area contributed by atoms with Crippen molar-refractivity contribution in [3.8, 4) is 22.5 Å². The van der Waals surface area contributed by atoms with Crippen LogP contribution in [0.15, 0.2) is 85.2 Å². The number of aryl methyl sites for hydroxylation is 2. The van der Waals surface area contributed by atoms with E-state index in [0.717, 1.165) is 12.8 Å². The molecule has 0 saturated heterocycles. The summed E-state index contributed by atoms with van der Waals surface area (Å²) in [4.78, 5) is 0. The first-order valence-electron chi connectivity index (χ1n) is 10.9. The molecule has 0 unspecified atom stereocenters. The van der Waals surface area contributed by atoms with Crippen LogP contribution in [0.25, 0.3) is 22.5 Å².